The monoisotopic (exact) mass is 340 g/mol. The van der Waals surface area contributed by atoms with Gasteiger partial charge in [-0.1, -0.05) is 29.3 Å². The number of benzene rings is 2. The minimum atomic E-state index is 0.428. The molecule has 0 amide bonds. The summed E-state index contributed by atoms with van der Waals surface area (Å²) in [5, 5.41) is 7.65. The predicted molar refractivity (Wildman–Crippen MR) is 94.0 cm³/mol. The van der Waals surface area contributed by atoms with Crippen LogP contribution in [0, 0.1) is 6.92 Å². The molecular weight excluding hydrogens is 327 g/mol. The molecule has 0 saturated carbocycles. The lowest BCUT2D eigenvalue weighted by molar-refractivity contribution is 0.417. The van der Waals surface area contributed by atoms with E-state index < -0.39 is 0 Å². The van der Waals surface area contributed by atoms with Gasteiger partial charge in [0.05, 0.1) is 12.8 Å². The summed E-state index contributed by atoms with van der Waals surface area (Å²) in [5.74, 6) is 0.717. The van der Waals surface area contributed by atoms with E-state index in [4.69, 9.17) is 40.2 Å². The second-order valence-corrected chi connectivity index (χ2v) is 5.72. The second kappa shape index (κ2) is 6.98. The first-order chi connectivity index (χ1) is 9.97. The van der Waals surface area contributed by atoms with E-state index in [1.807, 2.05) is 25.1 Å². The maximum Gasteiger partial charge on any atom is 0.175 e. The Balaban J connectivity index is 2.13. The van der Waals surface area contributed by atoms with E-state index in [1.165, 1.54) is 0 Å². The van der Waals surface area contributed by atoms with Gasteiger partial charge < -0.3 is 15.4 Å². The molecule has 2 aromatic carbocycles. The van der Waals surface area contributed by atoms with Gasteiger partial charge in [-0.15, -0.1) is 0 Å². The largest absolute Gasteiger partial charge is 0.495 e. The third kappa shape index (κ3) is 4.49. The van der Waals surface area contributed by atoms with Crippen LogP contribution < -0.4 is 15.4 Å². The number of ether oxygens (including phenoxy) is 1. The smallest absolute Gasteiger partial charge is 0.175 e. The fourth-order valence-electron chi connectivity index (χ4n) is 1.83. The number of hydrogen-bond acceptors (Lipinski definition) is 2. The predicted octanol–water partition coefficient (Wildman–Crippen LogP) is 5.12. The Hall–Kier alpha value is -1.49. The molecule has 6 heteroatoms. The van der Waals surface area contributed by atoms with Crippen LogP contribution in [0.1, 0.15) is 5.56 Å². The topological polar surface area (TPSA) is 33.3 Å². The maximum atomic E-state index is 5.95. The number of hydrogen-bond donors (Lipinski definition) is 2. The maximum absolute atomic E-state index is 5.95. The van der Waals surface area contributed by atoms with Crippen molar-refractivity contribution in [3.63, 3.8) is 0 Å². The zero-order valence-electron chi connectivity index (χ0n) is 11.5. The molecule has 0 radical (unpaired) electrons. The summed E-state index contributed by atoms with van der Waals surface area (Å²) in [6, 6.07) is 11.0. The fraction of sp³-hybridized carbons (Fsp3) is 0.133. The van der Waals surface area contributed by atoms with Gasteiger partial charge in [-0.05, 0) is 55.0 Å². The number of anilines is 2. The summed E-state index contributed by atoms with van der Waals surface area (Å²) in [7, 11) is 1.61. The number of halogens is 2. The van der Waals surface area contributed by atoms with Crippen molar-refractivity contribution in [3.05, 3.63) is 52.0 Å². The molecule has 2 aromatic rings. The van der Waals surface area contributed by atoms with E-state index in [0.717, 1.165) is 16.9 Å². The van der Waals surface area contributed by atoms with Gasteiger partial charge in [0.15, 0.2) is 5.11 Å². The zero-order chi connectivity index (χ0) is 15.4. The molecule has 0 fully saturated rings. The van der Waals surface area contributed by atoms with E-state index in [1.54, 1.807) is 25.3 Å². The van der Waals surface area contributed by atoms with Gasteiger partial charge in [0.2, 0.25) is 0 Å². The summed E-state index contributed by atoms with van der Waals surface area (Å²) in [6.45, 7) is 2.00. The normalized spacial score (nSPS) is 10.1. The number of nitrogens with one attached hydrogen (secondary N) is 2. The van der Waals surface area contributed by atoms with E-state index in [-0.39, 0.29) is 0 Å². The molecule has 2 N–H and O–H groups in total. The zero-order valence-corrected chi connectivity index (χ0v) is 13.9. The second-order valence-electron chi connectivity index (χ2n) is 4.44. The Morgan fingerprint density at radius 2 is 1.71 bits per heavy atom. The average molecular weight is 341 g/mol. The minimum Gasteiger partial charge on any atom is -0.495 e. The lowest BCUT2D eigenvalue weighted by Crippen LogP contribution is -2.19. The Kier molecular flexibility index (Phi) is 5.28. The summed E-state index contributed by atoms with van der Waals surface area (Å²) < 4.78 is 5.30. The standard InChI is InChI=1S/C15H14Cl2N2OS/c1-9-3-4-14(20-2)13(5-9)19-15(21)18-12-7-10(16)6-11(17)8-12/h3-8H,1-2H3,(H2,18,19,21). The molecule has 0 bridgehead atoms. The molecular formula is C15H14Cl2N2OS. The molecule has 3 nitrogen and oxygen atoms in total. The lowest BCUT2D eigenvalue weighted by Gasteiger charge is -2.14. The average Bonchev–Trinajstić information content (AvgIpc) is 2.37. The van der Waals surface area contributed by atoms with Gasteiger partial charge in [0.25, 0.3) is 0 Å². The highest BCUT2D eigenvalue weighted by Crippen LogP contribution is 2.26. The molecule has 0 aliphatic rings. The van der Waals surface area contributed by atoms with Crippen molar-refractivity contribution >= 4 is 51.9 Å². The first kappa shape index (κ1) is 15.9. The van der Waals surface area contributed by atoms with Crippen molar-refractivity contribution in [1.82, 2.24) is 0 Å². The van der Waals surface area contributed by atoms with E-state index in [0.29, 0.717) is 20.9 Å². The quantitative estimate of drug-likeness (QED) is 0.759. The van der Waals surface area contributed by atoms with Crippen LogP contribution >= 0.6 is 35.4 Å². The first-order valence-corrected chi connectivity index (χ1v) is 7.33. The molecule has 110 valence electrons. The summed E-state index contributed by atoms with van der Waals surface area (Å²) in [6.07, 6.45) is 0. The van der Waals surface area contributed by atoms with Gasteiger partial charge in [-0.2, -0.15) is 0 Å². The van der Waals surface area contributed by atoms with Crippen LogP contribution in [0.4, 0.5) is 11.4 Å². The Labute approximate surface area is 139 Å². The van der Waals surface area contributed by atoms with Crippen LogP contribution in [0.3, 0.4) is 0 Å². The molecule has 0 spiro atoms. The molecule has 0 aromatic heterocycles. The fourth-order valence-corrected chi connectivity index (χ4v) is 2.58. The van der Waals surface area contributed by atoms with Crippen molar-refractivity contribution < 1.29 is 4.74 Å². The molecule has 0 aliphatic carbocycles. The van der Waals surface area contributed by atoms with E-state index in [2.05, 4.69) is 10.6 Å². The van der Waals surface area contributed by atoms with Crippen molar-refractivity contribution in [3.8, 4) is 5.75 Å². The summed E-state index contributed by atoms with van der Waals surface area (Å²) in [5.41, 5.74) is 2.62. The molecule has 0 atom stereocenters. The Morgan fingerprint density at radius 3 is 2.33 bits per heavy atom. The third-order valence-electron chi connectivity index (χ3n) is 2.72. The highest BCUT2D eigenvalue weighted by atomic mass is 35.5. The molecule has 0 saturated heterocycles. The minimum absolute atomic E-state index is 0.428. The molecule has 0 unspecified atom stereocenters. The van der Waals surface area contributed by atoms with Gasteiger partial charge >= 0.3 is 0 Å². The molecule has 2 rings (SSSR count). The van der Waals surface area contributed by atoms with Crippen molar-refractivity contribution in [2.75, 3.05) is 17.7 Å². The Morgan fingerprint density at radius 1 is 1.05 bits per heavy atom. The number of thiocarbonyl (C=S) groups is 1. The number of methoxy groups -OCH3 is 1. The third-order valence-corrected chi connectivity index (χ3v) is 3.36. The van der Waals surface area contributed by atoms with Crippen molar-refractivity contribution in [1.29, 1.82) is 0 Å². The SMILES string of the molecule is COc1ccc(C)cc1NC(=S)Nc1cc(Cl)cc(Cl)c1. The molecule has 21 heavy (non-hydrogen) atoms. The van der Waals surface area contributed by atoms with Crippen LogP contribution in [0.15, 0.2) is 36.4 Å². The van der Waals surface area contributed by atoms with Gasteiger partial charge in [0.1, 0.15) is 5.75 Å². The number of rotatable bonds is 3. The Bertz CT molecular complexity index is 656. The summed E-state index contributed by atoms with van der Waals surface area (Å²) >= 11 is 17.2. The van der Waals surface area contributed by atoms with Crippen LogP contribution in [-0.4, -0.2) is 12.2 Å². The number of aryl methyl sites for hydroxylation is 1. The van der Waals surface area contributed by atoms with Crippen LogP contribution in [0.25, 0.3) is 0 Å². The highest BCUT2D eigenvalue weighted by Gasteiger charge is 2.06. The van der Waals surface area contributed by atoms with Crippen LogP contribution in [0.5, 0.6) is 5.75 Å². The lowest BCUT2D eigenvalue weighted by atomic mass is 10.2. The van der Waals surface area contributed by atoms with E-state index in [9.17, 15) is 0 Å². The summed E-state index contributed by atoms with van der Waals surface area (Å²) in [4.78, 5) is 0. The highest BCUT2D eigenvalue weighted by molar-refractivity contribution is 7.80. The van der Waals surface area contributed by atoms with Crippen molar-refractivity contribution in [2.45, 2.75) is 6.92 Å². The van der Waals surface area contributed by atoms with Gasteiger partial charge in [-0.3, -0.25) is 0 Å². The van der Waals surface area contributed by atoms with Crippen LogP contribution in [0.2, 0.25) is 10.0 Å². The van der Waals surface area contributed by atoms with Gasteiger partial charge in [-0.25, -0.2) is 0 Å². The van der Waals surface area contributed by atoms with E-state index >= 15 is 0 Å². The first-order valence-electron chi connectivity index (χ1n) is 6.16. The molecule has 0 aliphatic heterocycles. The molecule has 0 heterocycles. The van der Waals surface area contributed by atoms with Crippen LogP contribution in [-0.2, 0) is 0 Å². The van der Waals surface area contributed by atoms with Gasteiger partial charge in [0, 0.05) is 15.7 Å². The van der Waals surface area contributed by atoms with Crippen molar-refractivity contribution in [2.24, 2.45) is 0 Å².